The quantitative estimate of drug-likeness (QED) is 0.452. The molecule has 2 aromatic carbocycles. The van der Waals surface area contributed by atoms with Crippen molar-refractivity contribution in [3.63, 3.8) is 0 Å². The van der Waals surface area contributed by atoms with Crippen molar-refractivity contribution < 1.29 is 38.2 Å². The van der Waals surface area contributed by atoms with Crippen LogP contribution in [0.4, 0.5) is 21.0 Å². The Morgan fingerprint density at radius 2 is 1.63 bits per heavy atom. The summed E-state index contributed by atoms with van der Waals surface area (Å²) in [6, 6.07) is 16.1. The number of benzene rings is 2. The van der Waals surface area contributed by atoms with Crippen LogP contribution in [0, 0.1) is 0 Å². The molecule has 13 heteroatoms. The predicted octanol–water partition coefficient (Wildman–Crippen LogP) is 1.22. The zero-order chi connectivity index (χ0) is 29.4. The van der Waals surface area contributed by atoms with Crippen LogP contribution >= 0.6 is 0 Å². The third-order valence-electron chi connectivity index (χ3n) is 6.56. The molecule has 1 atom stereocenters. The maximum absolute atomic E-state index is 12.5. The van der Waals surface area contributed by atoms with Crippen molar-refractivity contribution in [3.05, 3.63) is 60.2 Å². The average Bonchev–Trinajstić information content (AvgIpc) is 3.35. The summed E-state index contributed by atoms with van der Waals surface area (Å²) in [7, 11) is 2.89. The average molecular weight is 568 g/mol. The number of nitrogens with zero attached hydrogens (tertiary/aromatic N) is 4. The molecular formula is C28H33N5O8. The van der Waals surface area contributed by atoms with Crippen LogP contribution in [0.2, 0.25) is 0 Å². The summed E-state index contributed by atoms with van der Waals surface area (Å²) in [6.45, 7) is 0.838. The van der Waals surface area contributed by atoms with E-state index in [0.717, 1.165) is 10.5 Å². The van der Waals surface area contributed by atoms with Crippen molar-refractivity contribution >= 4 is 41.3 Å². The lowest BCUT2D eigenvalue weighted by Gasteiger charge is -2.27. The number of morpholine rings is 1. The number of likely N-dealkylation sites (N-methyl/N-ethyl adjacent to an activating group) is 2. The molecule has 0 saturated carbocycles. The number of nitrogens with one attached hydrogen (secondary N) is 1. The van der Waals surface area contributed by atoms with Crippen molar-refractivity contribution in [2.45, 2.75) is 12.7 Å². The molecular weight excluding hydrogens is 534 g/mol. The second kappa shape index (κ2) is 13.6. The maximum Gasteiger partial charge on any atom is 0.414 e. The van der Waals surface area contributed by atoms with Gasteiger partial charge in [0, 0.05) is 32.0 Å². The summed E-state index contributed by atoms with van der Waals surface area (Å²) >= 11 is 0. The molecule has 5 amide bonds. The van der Waals surface area contributed by atoms with Crippen molar-refractivity contribution in [3.8, 4) is 0 Å². The van der Waals surface area contributed by atoms with Gasteiger partial charge in [-0.2, -0.15) is 0 Å². The fourth-order valence-electron chi connectivity index (χ4n) is 4.25. The van der Waals surface area contributed by atoms with Crippen LogP contribution < -0.4 is 15.1 Å². The maximum atomic E-state index is 12.5. The number of rotatable bonds is 10. The van der Waals surface area contributed by atoms with Gasteiger partial charge in [0.25, 0.3) is 5.91 Å². The van der Waals surface area contributed by atoms with Crippen molar-refractivity contribution in [2.24, 2.45) is 0 Å². The van der Waals surface area contributed by atoms with Crippen LogP contribution in [0.25, 0.3) is 0 Å². The molecule has 41 heavy (non-hydrogen) atoms. The molecule has 2 aliphatic rings. The molecule has 4 rings (SSSR count). The highest BCUT2D eigenvalue weighted by Crippen LogP contribution is 2.25. The van der Waals surface area contributed by atoms with Gasteiger partial charge in [-0.1, -0.05) is 30.3 Å². The Morgan fingerprint density at radius 3 is 2.32 bits per heavy atom. The third-order valence-corrected chi connectivity index (χ3v) is 6.56. The van der Waals surface area contributed by atoms with Crippen LogP contribution in [-0.4, -0.2) is 106 Å². The fourth-order valence-corrected chi connectivity index (χ4v) is 4.25. The van der Waals surface area contributed by atoms with Crippen LogP contribution in [0.3, 0.4) is 0 Å². The minimum atomic E-state index is -0.656. The molecule has 0 aromatic heterocycles. The van der Waals surface area contributed by atoms with E-state index in [1.165, 1.54) is 23.9 Å². The standard InChI is InChI=1S/C28H33N5O8/c1-30(25(35)17-31(2)27(37)40-18-20-6-4-3-5-7-20)16-24(34)29-14-23-15-33(28(38)41-23)22-10-8-21(9-11-22)32-12-13-39-19-26(32)36/h3-11,23H,12-19H2,1-2H3,(H,29,34)/t23-/m0/s1. The number of hydrogen-bond acceptors (Lipinski definition) is 8. The molecule has 2 aliphatic heterocycles. The Bertz CT molecular complexity index is 1260. The largest absolute Gasteiger partial charge is 0.445 e. The van der Waals surface area contributed by atoms with Gasteiger partial charge >= 0.3 is 12.2 Å². The molecule has 2 saturated heterocycles. The van der Waals surface area contributed by atoms with E-state index in [-0.39, 0.29) is 45.3 Å². The van der Waals surface area contributed by atoms with Crippen LogP contribution in [-0.2, 0) is 35.2 Å². The van der Waals surface area contributed by atoms with Crippen LogP contribution in [0.15, 0.2) is 54.6 Å². The van der Waals surface area contributed by atoms with Crippen molar-refractivity contribution in [2.75, 3.05) is 69.8 Å². The number of carbonyl (C=O) groups is 5. The van der Waals surface area contributed by atoms with E-state index < -0.39 is 30.1 Å². The number of ether oxygens (including phenoxy) is 3. The van der Waals surface area contributed by atoms with Crippen molar-refractivity contribution in [1.82, 2.24) is 15.1 Å². The summed E-state index contributed by atoms with van der Waals surface area (Å²) in [6.07, 6.45) is -1.79. The second-order valence-electron chi connectivity index (χ2n) is 9.68. The Kier molecular flexibility index (Phi) is 9.74. The van der Waals surface area contributed by atoms with Gasteiger partial charge in [-0.25, -0.2) is 9.59 Å². The minimum Gasteiger partial charge on any atom is -0.445 e. The number of cyclic esters (lactones) is 1. The van der Waals surface area contributed by atoms with E-state index in [1.54, 1.807) is 29.2 Å². The van der Waals surface area contributed by atoms with Crippen LogP contribution in [0.1, 0.15) is 5.56 Å². The summed E-state index contributed by atoms with van der Waals surface area (Å²) in [5.74, 6) is -1.01. The Balaban J connectivity index is 1.18. The summed E-state index contributed by atoms with van der Waals surface area (Å²) in [5, 5.41) is 2.68. The lowest BCUT2D eigenvalue weighted by molar-refractivity contribution is -0.135. The molecule has 2 fully saturated rings. The third kappa shape index (κ3) is 7.94. The molecule has 2 heterocycles. The highest BCUT2D eigenvalue weighted by molar-refractivity contribution is 5.95. The lowest BCUT2D eigenvalue weighted by atomic mass is 10.2. The first kappa shape index (κ1) is 29.3. The van der Waals surface area contributed by atoms with Crippen molar-refractivity contribution in [1.29, 1.82) is 0 Å². The SMILES string of the molecule is CN(CC(=O)NC[C@H]1CN(c2ccc(N3CCOCC3=O)cc2)C(=O)O1)C(=O)CN(C)C(=O)OCc1ccccc1. The summed E-state index contributed by atoms with van der Waals surface area (Å²) in [4.78, 5) is 67.0. The Morgan fingerprint density at radius 1 is 0.951 bits per heavy atom. The van der Waals surface area contributed by atoms with Gasteiger partial charge in [-0.3, -0.25) is 19.3 Å². The van der Waals surface area contributed by atoms with Crippen LogP contribution in [0.5, 0.6) is 0 Å². The van der Waals surface area contributed by atoms with Gasteiger partial charge < -0.3 is 34.2 Å². The van der Waals surface area contributed by atoms with Gasteiger partial charge in [0.05, 0.1) is 26.2 Å². The van der Waals surface area contributed by atoms with E-state index in [9.17, 15) is 24.0 Å². The molecule has 218 valence electrons. The van der Waals surface area contributed by atoms with Gasteiger partial charge in [-0.15, -0.1) is 0 Å². The normalized spacial score (nSPS) is 16.7. The number of hydrogen-bond donors (Lipinski definition) is 1. The van der Waals surface area contributed by atoms with E-state index in [2.05, 4.69) is 5.32 Å². The van der Waals surface area contributed by atoms with Gasteiger partial charge in [0.2, 0.25) is 11.8 Å². The lowest BCUT2D eigenvalue weighted by Crippen LogP contribution is -2.45. The van der Waals surface area contributed by atoms with E-state index in [1.807, 2.05) is 30.3 Å². The molecule has 1 N–H and O–H groups in total. The smallest absolute Gasteiger partial charge is 0.414 e. The monoisotopic (exact) mass is 567 g/mol. The zero-order valence-electron chi connectivity index (χ0n) is 23.0. The molecule has 13 nitrogen and oxygen atoms in total. The first-order chi connectivity index (χ1) is 19.7. The second-order valence-corrected chi connectivity index (χ2v) is 9.68. The topological polar surface area (TPSA) is 138 Å². The zero-order valence-corrected chi connectivity index (χ0v) is 23.0. The Hall–Kier alpha value is -4.65. The number of amides is 5. The number of anilines is 2. The van der Waals surface area contributed by atoms with E-state index in [4.69, 9.17) is 14.2 Å². The Labute approximate surface area is 237 Å². The van der Waals surface area contributed by atoms with Gasteiger partial charge in [0.1, 0.15) is 25.9 Å². The summed E-state index contributed by atoms with van der Waals surface area (Å²) in [5.41, 5.74) is 2.14. The number of carbonyl (C=O) groups excluding carboxylic acids is 5. The van der Waals surface area contributed by atoms with E-state index >= 15 is 0 Å². The highest BCUT2D eigenvalue weighted by atomic mass is 16.6. The summed E-state index contributed by atoms with van der Waals surface area (Å²) < 4.78 is 15.7. The molecule has 0 aliphatic carbocycles. The first-order valence-corrected chi connectivity index (χ1v) is 13.1. The molecule has 0 unspecified atom stereocenters. The molecule has 2 aromatic rings. The highest BCUT2D eigenvalue weighted by Gasteiger charge is 2.33. The molecule has 0 bridgehead atoms. The van der Waals surface area contributed by atoms with E-state index in [0.29, 0.717) is 24.5 Å². The van der Waals surface area contributed by atoms with Gasteiger partial charge in [0.15, 0.2) is 0 Å². The molecule has 0 radical (unpaired) electrons. The van der Waals surface area contributed by atoms with Gasteiger partial charge in [-0.05, 0) is 29.8 Å². The first-order valence-electron chi connectivity index (χ1n) is 13.1. The fraction of sp³-hybridized carbons (Fsp3) is 0.393. The molecule has 0 spiro atoms. The predicted molar refractivity (Wildman–Crippen MR) is 147 cm³/mol. The minimum absolute atomic E-state index is 0.0401.